The molecule has 142 valence electrons. The Kier molecular flexibility index (Phi) is 5.99. The van der Waals surface area contributed by atoms with E-state index in [0.29, 0.717) is 37.0 Å². The van der Waals surface area contributed by atoms with Crippen LogP contribution in [0.15, 0.2) is 30.2 Å². The molecule has 0 radical (unpaired) electrons. The van der Waals surface area contributed by atoms with Gasteiger partial charge in [0, 0.05) is 18.3 Å². The molecular formula is C18H18N2O7. The monoisotopic (exact) mass is 374 g/mol. The number of hydrogen-bond donors (Lipinski definition) is 0. The molecule has 0 spiro atoms. The van der Waals surface area contributed by atoms with Crippen LogP contribution < -0.4 is 14.4 Å². The summed E-state index contributed by atoms with van der Waals surface area (Å²) in [5.41, 5.74) is 0.520. The van der Waals surface area contributed by atoms with Gasteiger partial charge in [-0.2, -0.15) is 5.26 Å². The standard InChI is InChI=1S/C18H18N2O7/c19-4-1-5-20(13-2-3-14-15(10-13)25-9-8-24-14)17(21)12-27-18(22)16-11-23-6-7-26-16/h2-3,10-11H,1,5-9,12H2. The minimum atomic E-state index is -0.787. The Hall–Kier alpha value is -3.41. The first-order valence-electron chi connectivity index (χ1n) is 8.37. The van der Waals surface area contributed by atoms with E-state index < -0.39 is 18.5 Å². The zero-order valence-electron chi connectivity index (χ0n) is 14.5. The number of benzene rings is 1. The number of rotatable bonds is 6. The Balaban J connectivity index is 1.68. The number of nitrogens with zero attached hydrogens (tertiary/aromatic N) is 2. The molecule has 0 N–H and O–H groups in total. The van der Waals surface area contributed by atoms with Crippen LogP contribution in [0.25, 0.3) is 0 Å². The SMILES string of the molecule is N#CCCN(C(=O)COC(=O)C1=COCCO1)c1ccc2c(c1)OCCO2. The number of carbonyl (C=O) groups is 2. The fraction of sp³-hybridized carbons (Fsp3) is 0.389. The van der Waals surface area contributed by atoms with Crippen LogP contribution in [0.2, 0.25) is 0 Å². The predicted octanol–water partition coefficient (Wildman–Crippen LogP) is 1.14. The lowest BCUT2D eigenvalue weighted by Crippen LogP contribution is -2.36. The van der Waals surface area contributed by atoms with Gasteiger partial charge in [-0.05, 0) is 12.1 Å². The smallest absolute Gasteiger partial charge is 0.377 e. The van der Waals surface area contributed by atoms with Crippen molar-refractivity contribution in [2.45, 2.75) is 6.42 Å². The van der Waals surface area contributed by atoms with E-state index in [4.69, 9.17) is 28.9 Å². The third kappa shape index (κ3) is 4.61. The van der Waals surface area contributed by atoms with E-state index in [2.05, 4.69) is 0 Å². The van der Waals surface area contributed by atoms with E-state index in [0.717, 1.165) is 6.26 Å². The highest BCUT2D eigenvalue weighted by Gasteiger charge is 2.23. The zero-order valence-corrected chi connectivity index (χ0v) is 14.5. The number of ether oxygens (including phenoxy) is 5. The molecule has 0 aliphatic carbocycles. The second-order valence-corrected chi connectivity index (χ2v) is 5.56. The molecule has 3 rings (SSSR count). The van der Waals surface area contributed by atoms with Gasteiger partial charge in [0.05, 0.1) is 12.5 Å². The van der Waals surface area contributed by atoms with E-state index in [1.54, 1.807) is 18.2 Å². The molecule has 0 bridgehead atoms. The molecule has 1 aromatic rings. The average Bonchev–Trinajstić information content (AvgIpc) is 2.72. The minimum absolute atomic E-state index is 0.0862. The summed E-state index contributed by atoms with van der Waals surface area (Å²) in [5, 5.41) is 8.87. The highest BCUT2D eigenvalue weighted by Crippen LogP contribution is 2.34. The van der Waals surface area contributed by atoms with Crippen molar-refractivity contribution < 1.29 is 33.3 Å². The van der Waals surface area contributed by atoms with E-state index in [1.165, 1.54) is 4.90 Å². The molecule has 0 aromatic heterocycles. The normalized spacial score (nSPS) is 14.7. The summed E-state index contributed by atoms with van der Waals surface area (Å²) in [6, 6.07) is 7.04. The number of anilines is 1. The highest BCUT2D eigenvalue weighted by atomic mass is 16.6. The van der Waals surface area contributed by atoms with Crippen LogP contribution in [0.1, 0.15) is 6.42 Å². The molecule has 0 fully saturated rings. The van der Waals surface area contributed by atoms with Gasteiger partial charge in [-0.3, -0.25) is 4.79 Å². The number of esters is 1. The lowest BCUT2D eigenvalue weighted by Gasteiger charge is -2.24. The topological polar surface area (TPSA) is 107 Å². The van der Waals surface area contributed by atoms with Crippen molar-refractivity contribution in [1.29, 1.82) is 5.26 Å². The van der Waals surface area contributed by atoms with Gasteiger partial charge in [-0.15, -0.1) is 0 Å². The molecule has 1 aromatic carbocycles. The third-order valence-electron chi connectivity index (χ3n) is 3.76. The molecule has 0 saturated heterocycles. The fourth-order valence-corrected chi connectivity index (χ4v) is 2.51. The van der Waals surface area contributed by atoms with Gasteiger partial charge >= 0.3 is 5.97 Å². The van der Waals surface area contributed by atoms with Gasteiger partial charge in [0.1, 0.15) is 32.7 Å². The van der Waals surface area contributed by atoms with Crippen LogP contribution in [-0.4, -0.2) is 51.5 Å². The summed E-state index contributed by atoms with van der Waals surface area (Å²) in [4.78, 5) is 25.9. The Labute approximate surface area is 155 Å². The second kappa shape index (κ2) is 8.80. The van der Waals surface area contributed by atoms with Crippen molar-refractivity contribution in [1.82, 2.24) is 0 Å². The molecule has 9 heteroatoms. The Morgan fingerprint density at radius 3 is 2.63 bits per heavy atom. The maximum Gasteiger partial charge on any atom is 0.377 e. The summed E-state index contributed by atoms with van der Waals surface area (Å²) in [6.45, 7) is 1.11. The fourth-order valence-electron chi connectivity index (χ4n) is 2.51. The van der Waals surface area contributed by atoms with Crippen molar-refractivity contribution in [3.63, 3.8) is 0 Å². The van der Waals surface area contributed by atoms with Gasteiger partial charge in [-0.1, -0.05) is 0 Å². The molecule has 2 aliphatic rings. The van der Waals surface area contributed by atoms with Crippen molar-refractivity contribution in [2.24, 2.45) is 0 Å². The predicted molar refractivity (Wildman–Crippen MR) is 91.0 cm³/mol. The van der Waals surface area contributed by atoms with E-state index >= 15 is 0 Å². The van der Waals surface area contributed by atoms with Crippen molar-refractivity contribution in [3.05, 3.63) is 30.2 Å². The second-order valence-electron chi connectivity index (χ2n) is 5.56. The average molecular weight is 374 g/mol. The van der Waals surface area contributed by atoms with Crippen LogP contribution in [0.3, 0.4) is 0 Å². The maximum atomic E-state index is 12.6. The number of amides is 1. The van der Waals surface area contributed by atoms with Crippen molar-refractivity contribution in [3.8, 4) is 17.6 Å². The molecule has 2 heterocycles. The zero-order chi connectivity index (χ0) is 19.1. The molecule has 0 atom stereocenters. The number of nitriles is 1. The summed E-state index contributed by atoms with van der Waals surface area (Å²) >= 11 is 0. The van der Waals surface area contributed by atoms with Gasteiger partial charge in [-0.25, -0.2) is 4.79 Å². The van der Waals surface area contributed by atoms with E-state index in [9.17, 15) is 9.59 Å². The third-order valence-corrected chi connectivity index (χ3v) is 3.76. The Morgan fingerprint density at radius 2 is 1.89 bits per heavy atom. The first-order chi connectivity index (χ1) is 13.2. The van der Waals surface area contributed by atoms with E-state index in [1.807, 2.05) is 6.07 Å². The summed E-state index contributed by atoms with van der Waals surface area (Å²) < 4.78 is 26.1. The van der Waals surface area contributed by atoms with Gasteiger partial charge in [0.25, 0.3) is 5.91 Å². The Bertz CT molecular complexity index is 784. The van der Waals surface area contributed by atoms with Gasteiger partial charge in [0.15, 0.2) is 18.1 Å². The maximum absolute atomic E-state index is 12.6. The van der Waals surface area contributed by atoms with Gasteiger partial charge < -0.3 is 28.6 Å². The highest BCUT2D eigenvalue weighted by molar-refractivity contribution is 5.96. The van der Waals surface area contributed by atoms with Gasteiger partial charge in [0.2, 0.25) is 5.76 Å². The first kappa shape index (κ1) is 18.4. The number of carbonyl (C=O) groups excluding carboxylic acids is 2. The molecule has 9 nitrogen and oxygen atoms in total. The van der Waals surface area contributed by atoms with E-state index in [-0.39, 0.29) is 25.3 Å². The van der Waals surface area contributed by atoms with Crippen LogP contribution in [0.4, 0.5) is 5.69 Å². The number of fused-ring (bicyclic) bond motifs is 1. The summed E-state index contributed by atoms with van der Waals surface area (Å²) in [5.74, 6) is -0.246. The first-order valence-corrected chi connectivity index (χ1v) is 8.37. The summed E-state index contributed by atoms with van der Waals surface area (Å²) in [6.07, 6.45) is 1.28. The van der Waals surface area contributed by atoms with Crippen LogP contribution in [0.5, 0.6) is 11.5 Å². The lowest BCUT2D eigenvalue weighted by atomic mass is 10.2. The quantitative estimate of drug-likeness (QED) is 0.682. The van der Waals surface area contributed by atoms with Crippen molar-refractivity contribution in [2.75, 3.05) is 44.5 Å². The molecular weight excluding hydrogens is 356 g/mol. The summed E-state index contributed by atoms with van der Waals surface area (Å²) in [7, 11) is 0. The van der Waals surface area contributed by atoms with Crippen LogP contribution in [-0.2, 0) is 23.8 Å². The number of hydrogen-bond acceptors (Lipinski definition) is 8. The van der Waals surface area contributed by atoms with Crippen LogP contribution in [0, 0.1) is 11.3 Å². The van der Waals surface area contributed by atoms with Crippen molar-refractivity contribution >= 4 is 17.6 Å². The molecule has 2 aliphatic heterocycles. The minimum Gasteiger partial charge on any atom is -0.493 e. The molecule has 0 saturated carbocycles. The molecule has 0 unspecified atom stereocenters. The molecule has 27 heavy (non-hydrogen) atoms. The van der Waals surface area contributed by atoms with Crippen LogP contribution >= 0.6 is 0 Å². The largest absolute Gasteiger partial charge is 0.493 e. The molecule has 1 amide bonds. The lowest BCUT2D eigenvalue weighted by molar-refractivity contribution is -0.148. The Morgan fingerprint density at radius 1 is 1.11 bits per heavy atom.